The maximum absolute atomic E-state index is 4.21. The van der Waals surface area contributed by atoms with Gasteiger partial charge in [0, 0.05) is 6.54 Å². The molecule has 2 rings (SSSR count). The van der Waals surface area contributed by atoms with Crippen LogP contribution in [-0.4, -0.2) is 22.0 Å². The van der Waals surface area contributed by atoms with Gasteiger partial charge in [0.15, 0.2) is 0 Å². The molecule has 1 fully saturated rings. The van der Waals surface area contributed by atoms with Crippen LogP contribution in [0.4, 0.5) is 0 Å². The molecule has 0 amide bonds. The minimum absolute atomic E-state index is 0.344. The molecule has 1 unspecified atom stereocenters. The van der Waals surface area contributed by atoms with E-state index in [1.54, 1.807) is 0 Å². The van der Waals surface area contributed by atoms with E-state index in [0.29, 0.717) is 22.8 Å². The first-order valence-electron chi connectivity index (χ1n) is 6.93. The first-order valence-corrected chi connectivity index (χ1v) is 6.93. The van der Waals surface area contributed by atoms with Crippen molar-refractivity contribution in [1.29, 1.82) is 0 Å². The number of nitrogens with zero attached hydrogens (tertiary/aromatic N) is 3. The van der Waals surface area contributed by atoms with Crippen LogP contribution in [0.3, 0.4) is 0 Å². The molecule has 1 heterocycles. The van der Waals surface area contributed by atoms with Gasteiger partial charge in [0.05, 0.1) is 17.9 Å². The van der Waals surface area contributed by atoms with Crippen LogP contribution < -0.4 is 5.32 Å². The van der Waals surface area contributed by atoms with Gasteiger partial charge in [-0.25, -0.2) is 4.68 Å². The van der Waals surface area contributed by atoms with Crippen LogP contribution in [0, 0.1) is 16.7 Å². The van der Waals surface area contributed by atoms with Crippen molar-refractivity contribution < 1.29 is 0 Å². The highest BCUT2D eigenvalue weighted by atomic mass is 15.4. The fourth-order valence-corrected chi connectivity index (χ4v) is 3.46. The van der Waals surface area contributed by atoms with E-state index in [1.165, 1.54) is 5.69 Å². The van der Waals surface area contributed by atoms with E-state index < -0.39 is 0 Å². The maximum Gasteiger partial charge on any atom is 0.0759 e. The van der Waals surface area contributed by atoms with E-state index in [4.69, 9.17) is 0 Å². The lowest BCUT2D eigenvalue weighted by Gasteiger charge is -2.19. The smallest absolute Gasteiger partial charge is 0.0759 e. The van der Waals surface area contributed by atoms with Crippen molar-refractivity contribution in [3.8, 4) is 0 Å². The number of hydrogen-bond acceptors (Lipinski definition) is 3. The molecule has 0 aliphatic heterocycles. The highest BCUT2D eigenvalue weighted by Crippen LogP contribution is 2.72. The third-order valence-electron chi connectivity index (χ3n) is 5.18. The van der Waals surface area contributed by atoms with Gasteiger partial charge < -0.3 is 5.32 Å². The minimum atomic E-state index is 0.344. The molecule has 18 heavy (non-hydrogen) atoms. The Balaban J connectivity index is 2.28. The van der Waals surface area contributed by atoms with Crippen LogP contribution in [0.2, 0.25) is 0 Å². The van der Waals surface area contributed by atoms with Gasteiger partial charge in [-0.05, 0) is 30.2 Å². The van der Waals surface area contributed by atoms with E-state index in [-0.39, 0.29) is 0 Å². The average molecular weight is 250 g/mol. The molecule has 1 aliphatic rings. The molecule has 0 spiro atoms. The molecule has 0 aromatic carbocycles. The summed E-state index contributed by atoms with van der Waals surface area (Å²) in [5.74, 6) is 0.629. The summed E-state index contributed by atoms with van der Waals surface area (Å²) in [5, 5.41) is 11.8. The van der Waals surface area contributed by atoms with E-state index in [0.717, 1.165) is 13.0 Å². The first kappa shape index (κ1) is 13.5. The van der Waals surface area contributed by atoms with Gasteiger partial charge in [-0.15, -0.1) is 5.10 Å². The van der Waals surface area contributed by atoms with Crippen LogP contribution in [0.1, 0.15) is 52.8 Å². The van der Waals surface area contributed by atoms with Crippen molar-refractivity contribution in [2.45, 2.75) is 53.6 Å². The van der Waals surface area contributed by atoms with Gasteiger partial charge in [0.25, 0.3) is 0 Å². The fourth-order valence-electron chi connectivity index (χ4n) is 3.46. The Hall–Kier alpha value is -0.900. The van der Waals surface area contributed by atoms with Crippen LogP contribution in [0.25, 0.3) is 0 Å². The molecule has 1 atom stereocenters. The molecule has 4 heteroatoms. The Labute approximate surface area is 110 Å². The van der Waals surface area contributed by atoms with Crippen LogP contribution in [-0.2, 0) is 6.54 Å². The monoisotopic (exact) mass is 250 g/mol. The summed E-state index contributed by atoms with van der Waals surface area (Å²) < 4.78 is 2.05. The highest BCUT2D eigenvalue weighted by molar-refractivity contribution is 5.21. The van der Waals surface area contributed by atoms with Gasteiger partial charge in [0.1, 0.15) is 0 Å². The number of rotatable bonds is 5. The topological polar surface area (TPSA) is 42.7 Å². The van der Waals surface area contributed by atoms with Gasteiger partial charge in [0.2, 0.25) is 0 Å². The maximum atomic E-state index is 4.21. The second-order valence-corrected chi connectivity index (χ2v) is 6.57. The van der Waals surface area contributed by atoms with Crippen molar-refractivity contribution in [2.75, 3.05) is 7.05 Å². The van der Waals surface area contributed by atoms with Crippen molar-refractivity contribution in [1.82, 2.24) is 20.3 Å². The number of aryl methyl sites for hydroxylation is 1. The first-order chi connectivity index (χ1) is 8.37. The second kappa shape index (κ2) is 4.34. The molecule has 1 aromatic heterocycles. The quantitative estimate of drug-likeness (QED) is 0.873. The largest absolute Gasteiger partial charge is 0.311 e. The van der Waals surface area contributed by atoms with E-state index in [1.807, 2.05) is 17.9 Å². The lowest BCUT2D eigenvalue weighted by Crippen LogP contribution is -2.24. The van der Waals surface area contributed by atoms with E-state index in [2.05, 4.69) is 50.2 Å². The summed E-state index contributed by atoms with van der Waals surface area (Å²) >= 11 is 0. The zero-order chi connectivity index (χ0) is 13.6. The zero-order valence-electron chi connectivity index (χ0n) is 12.5. The molecule has 102 valence electrons. The number of aromatic nitrogens is 3. The zero-order valence-corrected chi connectivity index (χ0v) is 12.5. The number of hydrogen-bond donors (Lipinski definition) is 1. The molecular weight excluding hydrogens is 224 g/mol. The van der Waals surface area contributed by atoms with E-state index in [9.17, 15) is 0 Å². The summed E-state index contributed by atoms with van der Waals surface area (Å²) in [4.78, 5) is 0. The summed E-state index contributed by atoms with van der Waals surface area (Å²) in [6, 6.07) is 0.344. The summed E-state index contributed by atoms with van der Waals surface area (Å²) in [5.41, 5.74) is 1.95. The molecule has 0 radical (unpaired) electrons. The van der Waals surface area contributed by atoms with Crippen molar-refractivity contribution in [3.63, 3.8) is 0 Å². The van der Waals surface area contributed by atoms with Crippen molar-refractivity contribution in [3.05, 3.63) is 11.9 Å². The third-order valence-corrected chi connectivity index (χ3v) is 5.18. The van der Waals surface area contributed by atoms with Crippen LogP contribution in [0.5, 0.6) is 0 Å². The summed E-state index contributed by atoms with van der Waals surface area (Å²) in [7, 11) is 2.04. The Morgan fingerprint density at radius 3 is 2.39 bits per heavy atom. The molecular formula is C14H26N4. The molecule has 4 nitrogen and oxygen atoms in total. The molecule has 1 aromatic rings. The van der Waals surface area contributed by atoms with Crippen LogP contribution in [0.15, 0.2) is 6.20 Å². The Bertz CT molecular complexity index is 405. The Morgan fingerprint density at radius 2 is 1.94 bits per heavy atom. The molecule has 0 bridgehead atoms. The Morgan fingerprint density at radius 1 is 1.33 bits per heavy atom. The fraction of sp³-hybridized carbons (Fsp3) is 0.857. The third kappa shape index (κ3) is 1.78. The predicted molar refractivity (Wildman–Crippen MR) is 73.2 cm³/mol. The molecule has 1 aliphatic carbocycles. The Kier molecular flexibility index (Phi) is 3.26. The van der Waals surface area contributed by atoms with Gasteiger partial charge in [-0.3, -0.25) is 0 Å². The summed E-state index contributed by atoms with van der Waals surface area (Å²) in [6.45, 7) is 12.5. The second-order valence-electron chi connectivity index (χ2n) is 6.57. The lowest BCUT2D eigenvalue weighted by atomic mass is 10.0. The van der Waals surface area contributed by atoms with Gasteiger partial charge in [-0.1, -0.05) is 39.8 Å². The average Bonchev–Trinajstić information content (AvgIpc) is 2.68. The van der Waals surface area contributed by atoms with Crippen LogP contribution >= 0.6 is 0 Å². The molecule has 1 saturated carbocycles. The predicted octanol–water partition coefficient (Wildman–Crippen LogP) is 2.63. The standard InChI is InChI=1S/C14H26N4/c1-7-8-18-10(9-16-17-18)11(15-6)12-13(2,3)14(12,4)5/h9,11-12,15H,7-8H2,1-6H3. The van der Waals surface area contributed by atoms with Gasteiger partial charge in [-0.2, -0.15) is 0 Å². The highest BCUT2D eigenvalue weighted by Gasteiger charge is 2.67. The van der Waals surface area contributed by atoms with E-state index >= 15 is 0 Å². The SMILES string of the molecule is CCCn1nncc1C(NC)C1C(C)(C)C1(C)C. The lowest BCUT2D eigenvalue weighted by molar-refractivity contribution is 0.401. The minimum Gasteiger partial charge on any atom is -0.311 e. The summed E-state index contributed by atoms with van der Waals surface area (Å²) in [6.07, 6.45) is 3.01. The van der Waals surface area contributed by atoms with Gasteiger partial charge >= 0.3 is 0 Å². The molecule has 0 saturated heterocycles. The number of nitrogens with one attached hydrogen (secondary N) is 1. The normalized spacial score (nSPS) is 23.0. The molecule has 1 N–H and O–H groups in total. The van der Waals surface area contributed by atoms with Crippen molar-refractivity contribution in [2.24, 2.45) is 16.7 Å². The van der Waals surface area contributed by atoms with Crippen molar-refractivity contribution >= 4 is 0 Å².